The molecule has 0 saturated heterocycles. The molecule has 5 heteroatoms. The molecule has 2 nitrogen and oxygen atoms in total. The minimum Gasteiger partial charge on any atom is -0.497 e. The first-order chi connectivity index (χ1) is 7.93. The standard InChI is InChI=1S/C12H11F3O2/c1-17-7-2-4-10(12(13,14)15)9(6-7)8-3-5-11(8)16/h2,4,6,8H,3,5H2,1H3. The van der Waals surface area contributed by atoms with Gasteiger partial charge in [0, 0.05) is 12.3 Å². The number of ether oxygens (including phenoxy) is 1. The van der Waals surface area contributed by atoms with E-state index < -0.39 is 17.7 Å². The lowest BCUT2D eigenvalue weighted by Crippen LogP contribution is -2.26. The van der Waals surface area contributed by atoms with Gasteiger partial charge >= 0.3 is 6.18 Å². The lowest BCUT2D eigenvalue weighted by molar-refractivity contribution is -0.139. The molecule has 0 radical (unpaired) electrons. The van der Waals surface area contributed by atoms with Crippen LogP contribution < -0.4 is 4.74 Å². The van der Waals surface area contributed by atoms with Crippen molar-refractivity contribution in [2.24, 2.45) is 0 Å². The topological polar surface area (TPSA) is 26.3 Å². The van der Waals surface area contributed by atoms with Gasteiger partial charge in [-0.25, -0.2) is 0 Å². The predicted molar refractivity (Wildman–Crippen MR) is 55.0 cm³/mol. The summed E-state index contributed by atoms with van der Waals surface area (Å²) in [7, 11) is 1.38. The van der Waals surface area contributed by atoms with Crippen LogP contribution in [0, 0.1) is 0 Å². The highest BCUT2D eigenvalue weighted by molar-refractivity contribution is 5.91. The number of carbonyl (C=O) groups excluding carboxylic acids is 1. The molecule has 1 unspecified atom stereocenters. The van der Waals surface area contributed by atoms with Crippen molar-refractivity contribution in [1.29, 1.82) is 0 Å². The van der Waals surface area contributed by atoms with Gasteiger partial charge in [0.15, 0.2) is 0 Å². The van der Waals surface area contributed by atoms with Crippen LogP contribution in [0.3, 0.4) is 0 Å². The van der Waals surface area contributed by atoms with Crippen molar-refractivity contribution in [2.75, 3.05) is 7.11 Å². The molecule has 1 aromatic rings. The Morgan fingerprint density at radius 1 is 1.35 bits per heavy atom. The molecule has 1 saturated carbocycles. The summed E-state index contributed by atoms with van der Waals surface area (Å²) in [5.41, 5.74) is -0.704. The molecule has 17 heavy (non-hydrogen) atoms. The van der Waals surface area contributed by atoms with E-state index in [4.69, 9.17) is 4.74 Å². The van der Waals surface area contributed by atoms with Gasteiger partial charge in [-0.3, -0.25) is 4.79 Å². The average Bonchev–Trinajstić information content (AvgIpc) is 2.25. The predicted octanol–water partition coefficient (Wildman–Crippen LogP) is 3.16. The Kier molecular flexibility index (Phi) is 2.85. The van der Waals surface area contributed by atoms with Crippen LogP contribution in [0.15, 0.2) is 18.2 Å². The second-order valence-electron chi connectivity index (χ2n) is 4.01. The van der Waals surface area contributed by atoms with E-state index >= 15 is 0 Å². The zero-order chi connectivity index (χ0) is 12.6. The zero-order valence-electron chi connectivity index (χ0n) is 9.17. The summed E-state index contributed by atoms with van der Waals surface area (Å²) in [5.74, 6) is -0.418. The smallest absolute Gasteiger partial charge is 0.416 e. The van der Waals surface area contributed by atoms with Crippen molar-refractivity contribution < 1.29 is 22.7 Å². The Balaban J connectivity index is 2.48. The number of ketones is 1. The summed E-state index contributed by atoms with van der Waals surface area (Å²) in [6.07, 6.45) is -3.59. The first kappa shape index (κ1) is 12.0. The molecule has 1 fully saturated rings. The summed E-state index contributed by atoms with van der Waals surface area (Å²) in [6.45, 7) is 0. The molecule has 0 amide bonds. The van der Waals surface area contributed by atoms with Crippen LogP contribution in [0.5, 0.6) is 5.75 Å². The number of methoxy groups -OCH3 is 1. The Hall–Kier alpha value is -1.52. The minimum atomic E-state index is -4.43. The van der Waals surface area contributed by atoms with E-state index in [2.05, 4.69) is 0 Å². The quantitative estimate of drug-likeness (QED) is 0.798. The van der Waals surface area contributed by atoms with Gasteiger partial charge in [0.2, 0.25) is 0 Å². The van der Waals surface area contributed by atoms with Gasteiger partial charge in [-0.15, -0.1) is 0 Å². The van der Waals surface area contributed by atoms with Crippen molar-refractivity contribution in [3.05, 3.63) is 29.3 Å². The van der Waals surface area contributed by atoms with Crippen LogP contribution in [0.2, 0.25) is 0 Å². The number of benzene rings is 1. The number of hydrogen-bond donors (Lipinski definition) is 0. The fourth-order valence-corrected chi connectivity index (χ4v) is 1.95. The molecule has 0 heterocycles. The van der Waals surface area contributed by atoms with Gasteiger partial charge in [0.1, 0.15) is 11.5 Å². The molecule has 1 atom stereocenters. The third kappa shape index (κ3) is 2.14. The van der Waals surface area contributed by atoms with Crippen molar-refractivity contribution in [3.63, 3.8) is 0 Å². The van der Waals surface area contributed by atoms with Crippen molar-refractivity contribution in [1.82, 2.24) is 0 Å². The lowest BCUT2D eigenvalue weighted by Gasteiger charge is -2.27. The normalized spacial score (nSPS) is 20.0. The molecular formula is C12H11F3O2. The van der Waals surface area contributed by atoms with Crippen molar-refractivity contribution >= 4 is 5.78 Å². The number of Topliss-reactive ketones (excluding diaryl/α,β-unsaturated/α-hetero) is 1. The van der Waals surface area contributed by atoms with E-state index in [1.807, 2.05) is 0 Å². The van der Waals surface area contributed by atoms with Crippen LogP contribution in [-0.4, -0.2) is 12.9 Å². The molecule has 0 N–H and O–H groups in total. The van der Waals surface area contributed by atoms with E-state index in [-0.39, 0.29) is 11.3 Å². The molecule has 0 bridgehead atoms. The number of alkyl halides is 3. The summed E-state index contributed by atoms with van der Waals surface area (Å²) < 4.78 is 43.2. The van der Waals surface area contributed by atoms with Gasteiger partial charge in [-0.05, 0) is 30.2 Å². The maximum absolute atomic E-state index is 12.8. The molecule has 92 valence electrons. The largest absolute Gasteiger partial charge is 0.497 e. The second-order valence-corrected chi connectivity index (χ2v) is 4.01. The summed E-state index contributed by atoms with van der Waals surface area (Å²) in [5, 5.41) is 0. The molecule has 1 aliphatic carbocycles. The Bertz CT molecular complexity index is 452. The van der Waals surface area contributed by atoms with Gasteiger partial charge < -0.3 is 4.74 Å². The molecule has 2 rings (SSSR count). The third-order valence-electron chi connectivity index (χ3n) is 3.01. The minimum absolute atomic E-state index is 0.0353. The van der Waals surface area contributed by atoms with Crippen molar-refractivity contribution in [2.45, 2.75) is 24.9 Å². The van der Waals surface area contributed by atoms with Gasteiger partial charge in [-0.1, -0.05) is 0 Å². The molecule has 0 aliphatic heterocycles. The second kappa shape index (κ2) is 4.05. The van der Waals surface area contributed by atoms with Crippen LogP contribution in [0.4, 0.5) is 13.2 Å². The van der Waals surface area contributed by atoms with E-state index in [1.54, 1.807) is 0 Å². The first-order valence-electron chi connectivity index (χ1n) is 5.21. The number of rotatable bonds is 2. The third-order valence-corrected chi connectivity index (χ3v) is 3.01. The summed E-state index contributed by atoms with van der Waals surface area (Å²) >= 11 is 0. The zero-order valence-corrected chi connectivity index (χ0v) is 9.17. The van der Waals surface area contributed by atoms with Gasteiger partial charge in [-0.2, -0.15) is 13.2 Å². The Morgan fingerprint density at radius 2 is 2.06 bits per heavy atom. The fourth-order valence-electron chi connectivity index (χ4n) is 1.95. The number of carbonyl (C=O) groups is 1. The van der Waals surface area contributed by atoms with E-state index in [1.165, 1.54) is 19.2 Å². The van der Waals surface area contributed by atoms with Crippen LogP contribution >= 0.6 is 0 Å². The van der Waals surface area contributed by atoms with E-state index in [0.29, 0.717) is 18.6 Å². The molecule has 0 spiro atoms. The molecule has 1 aromatic carbocycles. The molecule has 0 aromatic heterocycles. The highest BCUT2D eigenvalue weighted by atomic mass is 19.4. The Labute approximate surface area is 96.4 Å². The summed E-state index contributed by atoms with van der Waals surface area (Å²) in [6, 6.07) is 3.54. The van der Waals surface area contributed by atoms with Crippen LogP contribution in [-0.2, 0) is 11.0 Å². The lowest BCUT2D eigenvalue weighted by atomic mass is 9.77. The highest BCUT2D eigenvalue weighted by Crippen LogP contribution is 2.42. The highest BCUT2D eigenvalue weighted by Gasteiger charge is 2.39. The SMILES string of the molecule is COc1ccc(C(F)(F)F)c(C2CCC2=O)c1. The van der Waals surface area contributed by atoms with Gasteiger partial charge in [0.25, 0.3) is 0 Å². The molecular weight excluding hydrogens is 233 g/mol. The van der Waals surface area contributed by atoms with Crippen LogP contribution in [0.25, 0.3) is 0 Å². The summed E-state index contributed by atoms with van der Waals surface area (Å²) in [4.78, 5) is 11.3. The monoisotopic (exact) mass is 244 g/mol. The number of halogens is 3. The van der Waals surface area contributed by atoms with Gasteiger partial charge in [0.05, 0.1) is 12.7 Å². The van der Waals surface area contributed by atoms with Crippen molar-refractivity contribution in [3.8, 4) is 5.75 Å². The maximum atomic E-state index is 12.8. The maximum Gasteiger partial charge on any atom is 0.416 e. The van der Waals surface area contributed by atoms with E-state index in [0.717, 1.165) is 6.07 Å². The molecule has 1 aliphatic rings. The van der Waals surface area contributed by atoms with E-state index in [9.17, 15) is 18.0 Å². The Morgan fingerprint density at radius 3 is 2.47 bits per heavy atom. The number of hydrogen-bond acceptors (Lipinski definition) is 2. The first-order valence-corrected chi connectivity index (χ1v) is 5.21. The van der Waals surface area contributed by atoms with Crippen LogP contribution in [0.1, 0.15) is 29.9 Å². The average molecular weight is 244 g/mol. The fraction of sp³-hybridized carbons (Fsp3) is 0.417.